The molecule has 2 aromatic rings. The van der Waals surface area contributed by atoms with Gasteiger partial charge in [-0.25, -0.2) is 9.18 Å². The molecule has 2 aliphatic heterocycles. The maximum atomic E-state index is 13.7. The van der Waals surface area contributed by atoms with Gasteiger partial charge in [-0.1, -0.05) is 23.7 Å². The van der Waals surface area contributed by atoms with Crippen molar-refractivity contribution in [3.63, 3.8) is 0 Å². The first-order valence-electron chi connectivity index (χ1n) is 13.7. The fraction of sp³-hybridized carbons (Fsp3) is 0.467. The van der Waals surface area contributed by atoms with Gasteiger partial charge < -0.3 is 19.4 Å². The summed E-state index contributed by atoms with van der Waals surface area (Å²) in [7, 11) is 0. The van der Waals surface area contributed by atoms with Gasteiger partial charge in [-0.15, -0.1) is 0 Å². The molecule has 0 unspecified atom stereocenters. The number of ether oxygens (including phenoxy) is 1. The van der Waals surface area contributed by atoms with Crippen molar-refractivity contribution in [3.05, 3.63) is 64.9 Å². The number of rotatable bonds is 6. The van der Waals surface area contributed by atoms with E-state index in [1.807, 2.05) is 24.0 Å². The van der Waals surface area contributed by atoms with E-state index in [0.717, 1.165) is 5.56 Å². The number of carbonyl (C=O) groups is 3. The molecule has 5 rings (SSSR count). The predicted molar refractivity (Wildman–Crippen MR) is 146 cm³/mol. The van der Waals surface area contributed by atoms with Crippen molar-refractivity contribution in [2.24, 2.45) is 11.3 Å². The van der Waals surface area contributed by atoms with Crippen LogP contribution in [0, 0.1) is 28.5 Å². The standard InChI is InChI=1S/C30H32ClFN4O4/c1-2-36(29(39)40-24-9-7-23(32)8-10-24)26-18-35(17-25(26)20-3-5-22(31)6-4-20)27(37)21-11-15-34(16-12-21)28(38)30(19-33)13-14-30/h3-10,21,25-26H,2,11-18H2,1H3/t25-,26+/m0/s1. The zero-order chi connectivity index (χ0) is 28.4. The van der Waals surface area contributed by atoms with E-state index in [1.54, 1.807) is 21.9 Å². The molecule has 0 aromatic heterocycles. The second-order valence-electron chi connectivity index (χ2n) is 10.8. The Hall–Kier alpha value is -3.64. The molecule has 2 aromatic carbocycles. The van der Waals surface area contributed by atoms with Crippen LogP contribution in [0.4, 0.5) is 9.18 Å². The molecule has 0 radical (unpaired) electrons. The summed E-state index contributed by atoms with van der Waals surface area (Å²) in [4.78, 5) is 44.9. The number of carbonyl (C=O) groups excluding carboxylic acids is 3. The summed E-state index contributed by atoms with van der Waals surface area (Å²) in [5.41, 5.74) is 0.112. The van der Waals surface area contributed by atoms with Gasteiger partial charge in [0.15, 0.2) is 0 Å². The lowest BCUT2D eigenvalue weighted by Gasteiger charge is -2.34. The maximum Gasteiger partial charge on any atom is 0.415 e. The average molecular weight is 567 g/mol. The summed E-state index contributed by atoms with van der Waals surface area (Å²) in [5, 5.41) is 9.98. The molecule has 0 bridgehead atoms. The molecule has 8 nitrogen and oxygen atoms in total. The lowest BCUT2D eigenvalue weighted by Crippen LogP contribution is -2.47. The molecule has 10 heteroatoms. The first-order chi connectivity index (χ1) is 19.2. The van der Waals surface area contributed by atoms with E-state index in [1.165, 1.54) is 24.3 Å². The first kappa shape index (κ1) is 27.9. The lowest BCUT2D eigenvalue weighted by molar-refractivity contribution is -0.141. The fourth-order valence-corrected chi connectivity index (χ4v) is 6.00. The predicted octanol–water partition coefficient (Wildman–Crippen LogP) is 4.84. The smallest absolute Gasteiger partial charge is 0.410 e. The van der Waals surface area contributed by atoms with Gasteiger partial charge in [-0.05, 0) is 74.6 Å². The topological polar surface area (TPSA) is 93.9 Å². The van der Waals surface area contributed by atoms with Gasteiger partial charge in [0.1, 0.15) is 17.0 Å². The van der Waals surface area contributed by atoms with Crippen LogP contribution in [-0.2, 0) is 9.59 Å². The Labute approximate surface area is 238 Å². The van der Waals surface area contributed by atoms with E-state index in [9.17, 15) is 24.0 Å². The summed E-state index contributed by atoms with van der Waals surface area (Å²) < 4.78 is 18.9. The minimum absolute atomic E-state index is 0.0120. The van der Waals surface area contributed by atoms with Gasteiger partial charge >= 0.3 is 6.09 Å². The minimum Gasteiger partial charge on any atom is -0.410 e. The van der Waals surface area contributed by atoms with Crippen LogP contribution < -0.4 is 4.74 Å². The Morgan fingerprint density at radius 2 is 1.70 bits per heavy atom. The number of piperidine rings is 1. The number of hydrogen-bond donors (Lipinski definition) is 0. The molecule has 0 N–H and O–H groups in total. The molecule has 0 spiro atoms. The minimum atomic E-state index is -0.850. The SMILES string of the molecule is CCN(C(=O)Oc1ccc(F)cc1)[C@@H]1CN(C(=O)C2CCN(C(=O)C3(C#N)CC3)CC2)C[C@H]1c1ccc(Cl)cc1. The van der Waals surface area contributed by atoms with Crippen molar-refractivity contribution in [1.29, 1.82) is 5.26 Å². The van der Waals surface area contributed by atoms with E-state index >= 15 is 0 Å². The third-order valence-corrected chi connectivity index (χ3v) is 8.65. The van der Waals surface area contributed by atoms with E-state index in [0.29, 0.717) is 63.4 Å². The highest BCUT2D eigenvalue weighted by Crippen LogP contribution is 2.47. The summed E-state index contributed by atoms with van der Waals surface area (Å²) in [6, 6.07) is 14.5. The van der Waals surface area contributed by atoms with E-state index in [2.05, 4.69) is 6.07 Å². The summed E-state index contributed by atoms with van der Waals surface area (Å²) >= 11 is 6.13. The zero-order valence-corrected chi connectivity index (χ0v) is 23.1. The number of nitrogens with zero attached hydrogens (tertiary/aromatic N) is 4. The van der Waals surface area contributed by atoms with Crippen LogP contribution in [0.5, 0.6) is 5.75 Å². The Balaban J connectivity index is 1.30. The van der Waals surface area contributed by atoms with E-state index < -0.39 is 17.3 Å². The third kappa shape index (κ3) is 5.64. The maximum absolute atomic E-state index is 13.7. The van der Waals surface area contributed by atoms with Crippen LogP contribution in [0.25, 0.3) is 0 Å². The molecule has 210 valence electrons. The van der Waals surface area contributed by atoms with E-state index in [4.69, 9.17) is 16.3 Å². The Morgan fingerprint density at radius 1 is 1.05 bits per heavy atom. The van der Waals surface area contributed by atoms with Gasteiger partial charge in [0.2, 0.25) is 11.8 Å². The van der Waals surface area contributed by atoms with Crippen LogP contribution >= 0.6 is 11.6 Å². The summed E-state index contributed by atoms with van der Waals surface area (Å²) in [6.45, 7) is 3.91. The molecule has 3 fully saturated rings. The van der Waals surface area contributed by atoms with Crippen LogP contribution in [0.3, 0.4) is 0 Å². The number of benzene rings is 2. The molecule has 1 aliphatic carbocycles. The number of halogens is 2. The van der Waals surface area contributed by atoms with Crippen molar-refractivity contribution in [2.75, 3.05) is 32.7 Å². The van der Waals surface area contributed by atoms with Crippen LogP contribution in [-0.4, -0.2) is 71.4 Å². The summed E-state index contributed by atoms with van der Waals surface area (Å²) in [6.07, 6.45) is 1.75. The highest BCUT2D eigenvalue weighted by Gasteiger charge is 2.53. The highest BCUT2D eigenvalue weighted by molar-refractivity contribution is 6.30. The molecular formula is C30H32ClFN4O4. The lowest BCUT2D eigenvalue weighted by atomic mass is 9.93. The summed E-state index contributed by atoms with van der Waals surface area (Å²) in [5.74, 6) is -0.668. The molecule has 40 heavy (non-hydrogen) atoms. The third-order valence-electron chi connectivity index (χ3n) is 8.40. The molecule has 2 heterocycles. The molecule has 2 atom stereocenters. The number of likely N-dealkylation sites (tertiary alicyclic amines) is 2. The Morgan fingerprint density at radius 3 is 2.27 bits per heavy atom. The zero-order valence-electron chi connectivity index (χ0n) is 22.4. The molecule has 1 saturated carbocycles. The van der Waals surface area contributed by atoms with Gasteiger partial charge in [0.05, 0.1) is 12.1 Å². The number of amides is 3. The Bertz CT molecular complexity index is 1300. The highest BCUT2D eigenvalue weighted by atomic mass is 35.5. The second kappa shape index (κ2) is 11.5. The molecule has 3 amide bonds. The Kier molecular flexibility index (Phi) is 7.99. The normalized spacial score (nSPS) is 21.9. The van der Waals surface area contributed by atoms with Crippen molar-refractivity contribution in [1.82, 2.24) is 14.7 Å². The van der Waals surface area contributed by atoms with Gasteiger partial charge in [-0.3, -0.25) is 9.59 Å². The van der Waals surface area contributed by atoms with Crippen LogP contribution in [0.2, 0.25) is 5.02 Å². The van der Waals surface area contributed by atoms with Crippen molar-refractivity contribution in [2.45, 2.75) is 44.6 Å². The van der Waals surface area contributed by atoms with Crippen molar-refractivity contribution in [3.8, 4) is 11.8 Å². The fourth-order valence-electron chi connectivity index (χ4n) is 5.87. The van der Waals surface area contributed by atoms with Crippen LogP contribution in [0.15, 0.2) is 48.5 Å². The van der Waals surface area contributed by atoms with Crippen LogP contribution in [0.1, 0.15) is 44.1 Å². The largest absolute Gasteiger partial charge is 0.415 e. The number of hydrogen-bond acceptors (Lipinski definition) is 5. The quantitative estimate of drug-likeness (QED) is 0.499. The van der Waals surface area contributed by atoms with Crippen molar-refractivity contribution >= 4 is 29.5 Å². The molecule has 2 saturated heterocycles. The van der Waals surface area contributed by atoms with E-state index in [-0.39, 0.29) is 35.4 Å². The number of likely N-dealkylation sites (N-methyl/N-ethyl adjacent to an activating group) is 1. The number of nitriles is 1. The van der Waals surface area contributed by atoms with Gasteiger partial charge in [0, 0.05) is 49.6 Å². The second-order valence-corrected chi connectivity index (χ2v) is 11.3. The van der Waals surface area contributed by atoms with Gasteiger partial charge in [-0.2, -0.15) is 5.26 Å². The van der Waals surface area contributed by atoms with Crippen molar-refractivity contribution < 1.29 is 23.5 Å². The molecule has 3 aliphatic rings. The first-order valence-corrected chi connectivity index (χ1v) is 14.1. The average Bonchev–Trinajstić information content (AvgIpc) is 3.66. The molecular weight excluding hydrogens is 535 g/mol. The van der Waals surface area contributed by atoms with Gasteiger partial charge in [0.25, 0.3) is 0 Å². The monoisotopic (exact) mass is 566 g/mol.